The molecule has 3 unspecified atom stereocenters. The highest BCUT2D eigenvalue weighted by atomic mass is 19.4. The number of alkyl halides is 23. The molecule has 1 aromatic rings. The molecule has 0 saturated carbocycles. The first-order valence-corrected chi connectivity index (χ1v) is 9.94. The minimum Gasteiger partial charge on any atom is -0.287 e. The predicted molar refractivity (Wildman–Crippen MR) is 89.6 cm³/mol. The molecular formula is C18H5F23O4. The van der Waals surface area contributed by atoms with Gasteiger partial charge in [-0.15, -0.1) is 0 Å². The minimum atomic E-state index is -8.74. The van der Waals surface area contributed by atoms with Gasteiger partial charge in [0.05, 0.1) is 0 Å². The van der Waals surface area contributed by atoms with E-state index >= 15 is 0 Å². The van der Waals surface area contributed by atoms with E-state index in [9.17, 15) is 106 Å². The van der Waals surface area contributed by atoms with Crippen LogP contribution >= 0.6 is 0 Å². The summed E-state index contributed by atoms with van der Waals surface area (Å²) in [5.41, 5.74) is -1.79. The summed E-state index contributed by atoms with van der Waals surface area (Å²) < 4.78 is 310. The van der Waals surface area contributed by atoms with Gasteiger partial charge in [-0.05, 0) is 0 Å². The summed E-state index contributed by atoms with van der Waals surface area (Å²) in [7, 11) is 0. The molecule has 0 spiro atoms. The molecule has 0 radical (unpaired) electrons. The largest absolute Gasteiger partial charge is 0.462 e. The Morgan fingerprint density at radius 3 is 1.07 bits per heavy atom. The molecular weight excluding hydrogens is 717 g/mol. The topological polar surface area (TPSA) is 44.8 Å². The van der Waals surface area contributed by atoms with Crippen molar-refractivity contribution in [2.75, 3.05) is 0 Å². The molecule has 45 heavy (non-hydrogen) atoms. The first-order valence-electron chi connectivity index (χ1n) is 9.94. The molecule has 0 saturated heterocycles. The van der Waals surface area contributed by atoms with Crippen molar-refractivity contribution >= 4 is 5.78 Å². The van der Waals surface area contributed by atoms with Crippen LogP contribution in [-0.2, 0) is 14.2 Å². The number of carbonyl (C=O) groups is 1. The van der Waals surface area contributed by atoms with Gasteiger partial charge in [0.25, 0.3) is 0 Å². The lowest BCUT2D eigenvalue weighted by Crippen LogP contribution is -2.70. The lowest BCUT2D eigenvalue weighted by Gasteiger charge is -2.42. The molecule has 0 amide bonds. The van der Waals surface area contributed by atoms with E-state index in [2.05, 4.69) is 0 Å². The van der Waals surface area contributed by atoms with E-state index in [-0.39, 0.29) is 12.1 Å². The van der Waals surface area contributed by atoms with E-state index in [0.29, 0.717) is 12.1 Å². The second-order valence-corrected chi connectivity index (χ2v) is 7.90. The fourth-order valence-electron chi connectivity index (χ4n) is 2.46. The molecule has 4 nitrogen and oxygen atoms in total. The smallest absolute Gasteiger partial charge is 0.287 e. The third-order valence-electron chi connectivity index (χ3n) is 4.70. The zero-order chi connectivity index (χ0) is 36.3. The Labute approximate surface area is 229 Å². The maximum atomic E-state index is 14.6. The Bertz CT molecular complexity index is 1200. The molecule has 0 aromatic heterocycles. The second kappa shape index (κ2) is 11.2. The van der Waals surface area contributed by atoms with Gasteiger partial charge in [0.1, 0.15) is 0 Å². The molecule has 1 rings (SSSR count). The lowest BCUT2D eigenvalue weighted by atomic mass is 10.0. The van der Waals surface area contributed by atoms with Crippen molar-refractivity contribution in [1.82, 2.24) is 0 Å². The van der Waals surface area contributed by atoms with Crippen LogP contribution in [0.5, 0.6) is 0 Å². The Morgan fingerprint density at radius 1 is 0.422 bits per heavy atom. The minimum absolute atomic E-state index is 0.0655. The van der Waals surface area contributed by atoms with Gasteiger partial charge in [0, 0.05) is 5.56 Å². The van der Waals surface area contributed by atoms with Gasteiger partial charge in [-0.3, -0.25) is 19.0 Å². The molecule has 262 valence electrons. The van der Waals surface area contributed by atoms with E-state index in [4.69, 9.17) is 0 Å². The van der Waals surface area contributed by atoms with Crippen LogP contribution in [0.15, 0.2) is 30.3 Å². The standard InChI is InChI=1S/C18H5F23O4/c19-8(12(24,25)26,7(42)6-4-2-1-3-5-6)43-17(38,39)10(22,14(30,31)32)45-18(40,41)11(23,15(33,34)35)44-16(36,37)9(20,21)13(27,28)29/h1-5H. The second-order valence-electron chi connectivity index (χ2n) is 7.90. The highest BCUT2D eigenvalue weighted by molar-refractivity contribution is 6.02. The first kappa shape index (κ1) is 40.2. The van der Waals surface area contributed by atoms with Crippen molar-refractivity contribution in [3.8, 4) is 0 Å². The van der Waals surface area contributed by atoms with Gasteiger partial charge < -0.3 is 0 Å². The third-order valence-corrected chi connectivity index (χ3v) is 4.70. The maximum Gasteiger partial charge on any atom is 0.462 e. The van der Waals surface area contributed by atoms with Crippen LogP contribution in [0, 0.1) is 0 Å². The number of benzene rings is 1. The Morgan fingerprint density at radius 2 is 0.756 bits per heavy atom. The quantitative estimate of drug-likeness (QED) is 0.170. The summed E-state index contributed by atoms with van der Waals surface area (Å²) in [4.78, 5) is 11.9. The molecule has 1 aromatic carbocycles. The average molecular weight is 722 g/mol. The average Bonchev–Trinajstić information content (AvgIpc) is 2.80. The normalized spacial score (nSPS) is 19.0. The van der Waals surface area contributed by atoms with Gasteiger partial charge >= 0.3 is 66.5 Å². The highest BCUT2D eigenvalue weighted by Crippen LogP contribution is 2.59. The van der Waals surface area contributed by atoms with Crippen LogP contribution in [0.2, 0.25) is 0 Å². The van der Waals surface area contributed by atoms with Gasteiger partial charge in [-0.25, -0.2) is 0 Å². The van der Waals surface area contributed by atoms with E-state index < -0.39 is 77.9 Å². The van der Waals surface area contributed by atoms with E-state index in [1.165, 1.54) is 4.74 Å². The van der Waals surface area contributed by atoms with E-state index in [1.807, 2.05) is 4.74 Å². The van der Waals surface area contributed by atoms with Crippen LogP contribution < -0.4 is 0 Å². The Balaban J connectivity index is 3.91. The van der Waals surface area contributed by atoms with Crippen molar-refractivity contribution < 1.29 is 120 Å². The molecule has 0 bridgehead atoms. The Kier molecular flexibility index (Phi) is 9.96. The third kappa shape index (κ3) is 6.83. The summed E-state index contributed by atoms with van der Waals surface area (Å²) in [6.45, 7) is 0. The number of ketones is 1. The van der Waals surface area contributed by atoms with Crippen molar-refractivity contribution in [3.05, 3.63) is 35.9 Å². The molecule has 3 atom stereocenters. The number of halogens is 23. The number of carbonyl (C=O) groups excluding carboxylic acids is 1. The SMILES string of the molecule is O=C(c1ccccc1)C(F)(OC(F)(F)C(F)(OC(F)(F)C(F)(OC(F)(F)C(F)(F)C(F)(F)F)C(F)(F)F)C(F)(F)F)C(F)(F)F. The van der Waals surface area contributed by atoms with E-state index in [0.717, 1.165) is 10.8 Å². The van der Waals surface area contributed by atoms with E-state index in [1.54, 1.807) is 0 Å². The molecule has 0 aliphatic rings. The molecule has 27 heteroatoms. The molecule has 0 fully saturated rings. The summed E-state index contributed by atoms with van der Waals surface area (Å²) in [6.07, 6.45) is -57.5. The summed E-state index contributed by atoms with van der Waals surface area (Å²) in [6, 6.07) is 1.92. The lowest BCUT2D eigenvalue weighted by molar-refractivity contribution is -0.577. The molecule has 0 aliphatic heterocycles. The number of rotatable bonds is 11. The van der Waals surface area contributed by atoms with Gasteiger partial charge in [-0.2, -0.15) is 101 Å². The number of Topliss-reactive ketones (excluding diaryl/α,β-unsaturated/α-hetero) is 1. The first-order chi connectivity index (χ1) is 19.4. The van der Waals surface area contributed by atoms with Crippen LogP contribution in [-0.4, -0.2) is 72.3 Å². The van der Waals surface area contributed by atoms with Crippen molar-refractivity contribution in [2.45, 2.75) is 66.5 Å². The monoisotopic (exact) mass is 722 g/mol. The van der Waals surface area contributed by atoms with Gasteiger partial charge in [0.2, 0.25) is 5.78 Å². The zero-order valence-corrected chi connectivity index (χ0v) is 19.7. The number of hydrogen-bond donors (Lipinski definition) is 0. The fourth-order valence-corrected chi connectivity index (χ4v) is 2.46. The summed E-state index contributed by atoms with van der Waals surface area (Å²) in [5.74, 6) is -36.1. The highest BCUT2D eigenvalue weighted by Gasteiger charge is 2.88. The summed E-state index contributed by atoms with van der Waals surface area (Å²) in [5, 5.41) is 0. The van der Waals surface area contributed by atoms with Crippen molar-refractivity contribution in [1.29, 1.82) is 0 Å². The predicted octanol–water partition coefficient (Wildman–Crippen LogP) is 8.58. The van der Waals surface area contributed by atoms with Crippen LogP contribution in [0.25, 0.3) is 0 Å². The van der Waals surface area contributed by atoms with Crippen molar-refractivity contribution in [2.24, 2.45) is 0 Å². The number of ether oxygens (including phenoxy) is 3. The number of hydrogen-bond acceptors (Lipinski definition) is 4. The Hall–Kier alpha value is -2.84. The van der Waals surface area contributed by atoms with Gasteiger partial charge in [0.15, 0.2) is 0 Å². The maximum absolute atomic E-state index is 14.6. The molecule has 0 aliphatic carbocycles. The zero-order valence-electron chi connectivity index (χ0n) is 19.7. The fraction of sp³-hybridized carbons (Fsp3) is 0.611. The van der Waals surface area contributed by atoms with Gasteiger partial charge in [-0.1, -0.05) is 30.3 Å². The van der Waals surface area contributed by atoms with Crippen LogP contribution in [0.4, 0.5) is 101 Å². The summed E-state index contributed by atoms with van der Waals surface area (Å²) >= 11 is 0. The van der Waals surface area contributed by atoms with Crippen LogP contribution in [0.3, 0.4) is 0 Å². The molecule has 0 N–H and O–H groups in total. The van der Waals surface area contributed by atoms with Crippen molar-refractivity contribution in [3.63, 3.8) is 0 Å². The molecule has 0 heterocycles. The van der Waals surface area contributed by atoms with Crippen LogP contribution in [0.1, 0.15) is 10.4 Å².